The molecule has 0 radical (unpaired) electrons. The highest BCUT2D eigenvalue weighted by molar-refractivity contribution is 6.31. The Morgan fingerprint density at radius 3 is 2.62 bits per heavy atom. The third-order valence-corrected chi connectivity index (χ3v) is 3.57. The molecular weight excluding hydrogens is 294 g/mol. The van der Waals surface area contributed by atoms with Gasteiger partial charge in [0.2, 0.25) is 0 Å². The van der Waals surface area contributed by atoms with E-state index < -0.39 is 11.9 Å². The van der Waals surface area contributed by atoms with Crippen LogP contribution in [0, 0.1) is 12.8 Å². The summed E-state index contributed by atoms with van der Waals surface area (Å²) in [5.74, 6) is -1.20. The van der Waals surface area contributed by atoms with E-state index in [9.17, 15) is 9.59 Å². The van der Waals surface area contributed by atoms with Gasteiger partial charge in [-0.2, -0.15) is 0 Å². The second-order valence-corrected chi connectivity index (χ2v) is 5.28. The smallest absolute Gasteiger partial charge is 0.308 e. The number of carbonyl (C=O) groups excluding carboxylic acids is 1. The number of amides is 1. The van der Waals surface area contributed by atoms with Crippen LogP contribution in [0.15, 0.2) is 18.2 Å². The van der Waals surface area contributed by atoms with Crippen LogP contribution in [-0.2, 0) is 9.59 Å². The number of rotatable bonds is 7. The molecule has 1 atom stereocenters. The van der Waals surface area contributed by atoms with E-state index in [0.717, 1.165) is 5.56 Å². The topological polar surface area (TPSA) is 66.8 Å². The Balaban J connectivity index is 2.58. The maximum atomic E-state index is 12.0. The molecule has 0 saturated heterocycles. The van der Waals surface area contributed by atoms with Crippen molar-refractivity contribution in [3.05, 3.63) is 28.8 Å². The average Bonchev–Trinajstić information content (AvgIpc) is 2.45. The SMILES string of the molecule is CCN(CC(C)C(=O)O)C(=O)COc1ccc(Cl)c(C)c1. The van der Waals surface area contributed by atoms with Gasteiger partial charge in [-0.05, 0) is 37.6 Å². The zero-order valence-corrected chi connectivity index (χ0v) is 13.2. The van der Waals surface area contributed by atoms with Crippen LogP contribution in [0.4, 0.5) is 0 Å². The molecule has 116 valence electrons. The van der Waals surface area contributed by atoms with E-state index in [1.807, 2.05) is 6.92 Å². The summed E-state index contributed by atoms with van der Waals surface area (Å²) in [7, 11) is 0. The standard InChI is InChI=1S/C15H20ClNO4/c1-4-17(8-11(3)15(19)20)14(18)9-21-12-5-6-13(16)10(2)7-12/h5-7,11H,4,8-9H2,1-3H3,(H,19,20). The third-order valence-electron chi connectivity index (χ3n) is 3.14. The molecule has 0 fully saturated rings. The Kier molecular flexibility index (Phi) is 6.49. The van der Waals surface area contributed by atoms with Crippen LogP contribution in [-0.4, -0.2) is 41.6 Å². The van der Waals surface area contributed by atoms with Gasteiger partial charge in [0.25, 0.3) is 5.91 Å². The zero-order valence-electron chi connectivity index (χ0n) is 12.4. The van der Waals surface area contributed by atoms with Crippen molar-refractivity contribution in [3.63, 3.8) is 0 Å². The van der Waals surface area contributed by atoms with E-state index in [0.29, 0.717) is 17.3 Å². The van der Waals surface area contributed by atoms with Gasteiger partial charge in [-0.1, -0.05) is 18.5 Å². The highest BCUT2D eigenvalue weighted by Crippen LogP contribution is 2.21. The number of nitrogens with zero attached hydrogens (tertiary/aromatic N) is 1. The molecule has 0 saturated carbocycles. The zero-order chi connectivity index (χ0) is 16.0. The lowest BCUT2D eigenvalue weighted by Crippen LogP contribution is -2.39. The number of aryl methyl sites for hydroxylation is 1. The number of ether oxygens (including phenoxy) is 1. The molecule has 1 rings (SSSR count). The van der Waals surface area contributed by atoms with Gasteiger partial charge in [0.05, 0.1) is 5.92 Å². The van der Waals surface area contributed by atoms with Gasteiger partial charge in [0.1, 0.15) is 5.75 Å². The van der Waals surface area contributed by atoms with Crippen LogP contribution in [0.3, 0.4) is 0 Å². The number of carbonyl (C=O) groups is 2. The van der Waals surface area contributed by atoms with Crippen molar-refractivity contribution in [2.24, 2.45) is 5.92 Å². The molecule has 1 aromatic carbocycles. The number of carboxylic acid groups (broad SMARTS) is 1. The average molecular weight is 314 g/mol. The number of halogens is 1. The maximum Gasteiger partial charge on any atom is 0.308 e. The first-order valence-electron chi connectivity index (χ1n) is 6.74. The fraction of sp³-hybridized carbons (Fsp3) is 0.467. The van der Waals surface area contributed by atoms with E-state index >= 15 is 0 Å². The van der Waals surface area contributed by atoms with E-state index in [2.05, 4.69) is 0 Å². The fourth-order valence-electron chi connectivity index (χ4n) is 1.76. The molecule has 1 aromatic rings. The predicted molar refractivity (Wildman–Crippen MR) is 80.7 cm³/mol. The van der Waals surface area contributed by atoms with Crippen molar-refractivity contribution in [2.45, 2.75) is 20.8 Å². The number of hydrogen-bond donors (Lipinski definition) is 1. The fourth-order valence-corrected chi connectivity index (χ4v) is 1.88. The van der Waals surface area contributed by atoms with Crippen molar-refractivity contribution in [2.75, 3.05) is 19.7 Å². The highest BCUT2D eigenvalue weighted by atomic mass is 35.5. The Morgan fingerprint density at radius 1 is 1.43 bits per heavy atom. The van der Waals surface area contributed by atoms with E-state index in [1.165, 1.54) is 4.90 Å². The quantitative estimate of drug-likeness (QED) is 0.840. The van der Waals surface area contributed by atoms with E-state index in [-0.39, 0.29) is 19.1 Å². The number of aliphatic carboxylic acids is 1. The molecule has 1 N–H and O–H groups in total. The summed E-state index contributed by atoms with van der Waals surface area (Å²) in [6.07, 6.45) is 0. The molecule has 1 amide bonds. The summed E-state index contributed by atoms with van der Waals surface area (Å²) >= 11 is 5.92. The summed E-state index contributed by atoms with van der Waals surface area (Å²) in [5.41, 5.74) is 0.869. The van der Waals surface area contributed by atoms with Gasteiger partial charge in [-0.25, -0.2) is 0 Å². The van der Waals surface area contributed by atoms with E-state index in [4.69, 9.17) is 21.4 Å². The van der Waals surface area contributed by atoms with Gasteiger partial charge >= 0.3 is 5.97 Å². The van der Waals surface area contributed by atoms with Crippen LogP contribution >= 0.6 is 11.6 Å². The molecule has 0 aliphatic carbocycles. The lowest BCUT2D eigenvalue weighted by atomic mass is 10.1. The summed E-state index contributed by atoms with van der Waals surface area (Å²) in [4.78, 5) is 24.4. The molecule has 21 heavy (non-hydrogen) atoms. The molecule has 0 bridgehead atoms. The van der Waals surface area contributed by atoms with Crippen LogP contribution in [0.1, 0.15) is 19.4 Å². The first kappa shape index (κ1) is 17.3. The first-order valence-corrected chi connectivity index (χ1v) is 7.12. The number of likely N-dealkylation sites (N-methyl/N-ethyl adjacent to an activating group) is 1. The second kappa shape index (κ2) is 7.88. The largest absolute Gasteiger partial charge is 0.484 e. The minimum absolute atomic E-state index is 0.124. The number of benzene rings is 1. The molecule has 0 aromatic heterocycles. The minimum atomic E-state index is -0.921. The molecule has 1 unspecified atom stereocenters. The number of carboxylic acids is 1. The molecule has 0 aliphatic rings. The molecule has 0 spiro atoms. The molecular formula is C15H20ClNO4. The van der Waals surface area contributed by atoms with Gasteiger partial charge in [-0.15, -0.1) is 0 Å². The monoisotopic (exact) mass is 313 g/mol. The normalized spacial score (nSPS) is 11.8. The van der Waals surface area contributed by atoms with Crippen LogP contribution < -0.4 is 4.74 Å². The molecule has 0 heterocycles. The van der Waals surface area contributed by atoms with Crippen molar-refractivity contribution >= 4 is 23.5 Å². The maximum absolute atomic E-state index is 12.0. The second-order valence-electron chi connectivity index (χ2n) is 4.87. The van der Waals surface area contributed by atoms with Crippen LogP contribution in [0.25, 0.3) is 0 Å². The van der Waals surface area contributed by atoms with Gasteiger partial charge in [0.15, 0.2) is 6.61 Å². The Hall–Kier alpha value is -1.75. The van der Waals surface area contributed by atoms with Crippen molar-refractivity contribution in [1.82, 2.24) is 4.90 Å². The van der Waals surface area contributed by atoms with Crippen LogP contribution in [0.5, 0.6) is 5.75 Å². The molecule has 0 aliphatic heterocycles. The minimum Gasteiger partial charge on any atom is -0.484 e. The van der Waals surface area contributed by atoms with Crippen molar-refractivity contribution in [3.8, 4) is 5.75 Å². The highest BCUT2D eigenvalue weighted by Gasteiger charge is 2.19. The van der Waals surface area contributed by atoms with E-state index in [1.54, 1.807) is 32.0 Å². The Morgan fingerprint density at radius 2 is 2.10 bits per heavy atom. The van der Waals surface area contributed by atoms with Crippen molar-refractivity contribution in [1.29, 1.82) is 0 Å². The first-order chi connectivity index (χ1) is 9.85. The third kappa shape index (κ3) is 5.27. The van der Waals surface area contributed by atoms with Gasteiger partial charge in [-0.3, -0.25) is 9.59 Å². The Labute approximate surface area is 129 Å². The lowest BCUT2D eigenvalue weighted by molar-refractivity contribution is -0.143. The summed E-state index contributed by atoms with van der Waals surface area (Å²) in [6, 6.07) is 5.16. The summed E-state index contributed by atoms with van der Waals surface area (Å²) in [5, 5.41) is 9.53. The molecule has 6 heteroatoms. The van der Waals surface area contributed by atoms with Gasteiger partial charge < -0.3 is 14.7 Å². The number of hydrogen-bond acceptors (Lipinski definition) is 3. The molecule has 5 nitrogen and oxygen atoms in total. The summed E-state index contributed by atoms with van der Waals surface area (Å²) in [6.45, 7) is 5.72. The van der Waals surface area contributed by atoms with Crippen molar-refractivity contribution < 1.29 is 19.4 Å². The van der Waals surface area contributed by atoms with Gasteiger partial charge in [0, 0.05) is 18.1 Å². The lowest BCUT2D eigenvalue weighted by Gasteiger charge is -2.23. The Bertz CT molecular complexity index is 518. The predicted octanol–water partition coefficient (Wildman–Crippen LogP) is 2.60. The summed E-state index contributed by atoms with van der Waals surface area (Å²) < 4.78 is 5.43. The van der Waals surface area contributed by atoms with Crippen LogP contribution in [0.2, 0.25) is 5.02 Å².